The highest BCUT2D eigenvalue weighted by molar-refractivity contribution is 7.92. The van der Waals surface area contributed by atoms with Gasteiger partial charge >= 0.3 is 5.97 Å². The Morgan fingerprint density at radius 3 is 2.52 bits per heavy atom. The fraction of sp³-hybridized carbons (Fsp3) is 0.300. The zero-order valence-corrected chi connectivity index (χ0v) is 15.8. The van der Waals surface area contributed by atoms with Crippen LogP contribution in [0, 0.1) is 0 Å². The van der Waals surface area contributed by atoms with Crippen LogP contribution < -0.4 is 4.31 Å². The second-order valence-electron chi connectivity index (χ2n) is 6.44. The number of esters is 1. The van der Waals surface area contributed by atoms with E-state index in [0.717, 1.165) is 17.1 Å². The monoisotopic (exact) mass is 387 g/mol. The maximum absolute atomic E-state index is 12.9. The van der Waals surface area contributed by atoms with Crippen LogP contribution in [0.3, 0.4) is 0 Å². The maximum atomic E-state index is 12.9. The Balaban J connectivity index is 1.82. The summed E-state index contributed by atoms with van der Waals surface area (Å²) in [6.45, 7) is 0. The van der Waals surface area contributed by atoms with E-state index in [-0.39, 0.29) is 16.2 Å². The molecule has 0 spiro atoms. The summed E-state index contributed by atoms with van der Waals surface area (Å²) in [4.78, 5) is 24.2. The van der Waals surface area contributed by atoms with E-state index in [2.05, 4.69) is 0 Å². The predicted molar refractivity (Wildman–Crippen MR) is 101 cm³/mol. The molecule has 0 unspecified atom stereocenters. The molecule has 1 aliphatic rings. The van der Waals surface area contributed by atoms with Crippen LogP contribution in [0.4, 0.5) is 5.69 Å². The van der Waals surface area contributed by atoms with Crippen LogP contribution >= 0.6 is 0 Å². The van der Waals surface area contributed by atoms with Crippen molar-refractivity contribution < 1.29 is 22.7 Å². The van der Waals surface area contributed by atoms with E-state index in [4.69, 9.17) is 4.74 Å². The second kappa shape index (κ2) is 7.92. The molecular weight excluding hydrogens is 366 g/mol. The summed E-state index contributed by atoms with van der Waals surface area (Å²) in [5.74, 6) is -0.767. The molecule has 1 aliphatic carbocycles. The fourth-order valence-electron chi connectivity index (χ4n) is 2.99. The highest BCUT2D eigenvalue weighted by Crippen LogP contribution is 2.23. The molecular formula is C20H21NO5S. The molecule has 0 aliphatic heterocycles. The number of para-hydroxylation sites is 1. The van der Waals surface area contributed by atoms with E-state index in [9.17, 15) is 18.0 Å². The molecule has 2 aromatic carbocycles. The van der Waals surface area contributed by atoms with E-state index in [1.54, 1.807) is 30.3 Å². The molecule has 0 N–H and O–H groups in total. The zero-order valence-electron chi connectivity index (χ0n) is 15.0. The van der Waals surface area contributed by atoms with Gasteiger partial charge in [0.15, 0.2) is 11.9 Å². The summed E-state index contributed by atoms with van der Waals surface area (Å²) in [7, 11) is -2.38. The van der Waals surface area contributed by atoms with Crippen molar-refractivity contribution in [1.29, 1.82) is 0 Å². The number of nitrogens with zero attached hydrogens (tertiary/aromatic N) is 1. The highest BCUT2D eigenvalue weighted by atomic mass is 32.2. The van der Waals surface area contributed by atoms with Crippen LogP contribution in [0.1, 0.15) is 36.0 Å². The van der Waals surface area contributed by atoms with Crippen molar-refractivity contribution in [3.05, 3.63) is 60.2 Å². The van der Waals surface area contributed by atoms with Gasteiger partial charge < -0.3 is 4.74 Å². The van der Waals surface area contributed by atoms with Crippen molar-refractivity contribution in [3.8, 4) is 0 Å². The summed E-state index contributed by atoms with van der Waals surface area (Å²) in [5, 5.41) is 0. The van der Waals surface area contributed by atoms with Gasteiger partial charge in [-0.25, -0.2) is 13.2 Å². The molecule has 142 valence electrons. The lowest BCUT2D eigenvalue weighted by molar-refractivity contribution is -0.129. The Kier molecular flexibility index (Phi) is 5.60. The number of anilines is 1. The van der Waals surface area contributed by atoms with Crippen LogP contribution in [0.25, 0.3) is 0 Å². The standard InChI is InChI=1S/C20H21NO5S/c1-21(16-9-3-2-4-10-16)27(24,25)17-11-7-8-15(14-17)20(23)26-19-13-6-5-12-18(19)22/h2-4,7-11,14,19H,5-6,12-13H2,1H3/t19-/m1/s1. The predicted octanol–water partition coefficient (Wildman–Crippen LogP) is 3.18. The lowest BCUT2D eigenvalue weighted by Gasteiger charge is -2.21. The van der Waals surface area contributed by atoms with E-state index in [0.29, 0.717) is 18.5 Å². The normalized spacial score (nSPS) is 17.4. The number of ether oxygens (including phenoxy) is 1. The highest BCUT2D eigenvalue weighted by Gasteiger charge is 2.27. The van der Waals surface area contributed by atoms with Crippen LogP contribution in [0.2, 0.25) is 0 Å². The van der Waals surface area contributed by atoms with Crippen LogP contribution in [-0.4, -0.2) is 33.3 Å². The third kappa shape index (κ3) is 4.19. The Morgan fingerprint density at radius 2 is 1.81 bits per heavy atom. The van der Waals surface area contributed by atoms with Gasteiger partial charge in [-0.2, -0.15) is 0 Å². The van der Waals surface area contributed by atoms with Gasteiger partial charge in [0.25, 0.3) is 10.0 Å². The summed E-state index contributed by atoms with van der Waals surface area (Å²) >= 11 is 0. The van der Waals surface area contributed by atoms with Crippen molar-refractivity contribution in [2.75, 3.05) is 11.4 Å². The average molecular weight is 387 g/mol. The molecule has 0 aromatic heterocycles. The Morgan fingerprint density at radius 1 is 1.07 bits per heavy atom. The molecule has 1 saturated carbocycles. The molecule has 6 nitrogen and oxygen atoms in total. The maximum Gasteiger partial charge on any atom is 0.338 e. The Hall–Kier alpha value is -2.67. The third-order valence-electron chi connectivity index (χ3n) is 4.60. The van der Waals surface area contributed by atoms with Gasteiger partial charge in [-0.1, -0.05) is 24.3 Å². The second-order valence-corrected chi connectivity index (χ2v) is 8.41. The van der Waals surface area contributed by atoms with Crippen LogP contribution in [-0.2, 0) is 19.6 Å². The first-order chi connectivity index (χ1) is 12.9. The number of rotatable bonds is 5. The lowest BCUT2D eigenvalue weighted by Crippen LogP contribution is -2.30. The average Bonchev–Trinajstić information content (AvgIpc) is 2.70. The molecule has 0 saturated heterocycles. The zero-order chi connectivity index (χ0) is 19.4. The van der Waals surface area contributed by atoms with Gasteiger partial charge in [0.2, 0.25) is 0 Å². The Bertz CT molecular complexity index is 940. The Labute approximate surface area is 158 Å². The van der Waals surface area contributed by atoms with Crippen molar-refractivity contribution in [2.45, 2.75) is 36.7 Å². The minimum absolute atomic E-state index is 0.0155. The largest absolute Gasteiger partial charge is 0.451 e. The van der Waals surface area contributed by atoms with E-state index in [1.807, 2.05) is 0 Å². The van der Waals surface area contributed by atoms with Crippen molar-refractivity contribution in [3.63, 3.8) is 0 Å². The van der Waals surface area contributed by atoms with Gasteiger partial charge in [0.05, 0.1) is 16.1 Å². The topological polar surface area (TPSA) is 80.8 Å². The first-order valence-corrected chi connectivity index (χ1v) is 10.2. The summed E-state index contributed by atoms with van der Waals surface area (Å²) in [6.07, 6.45) is 1.83. The van der Waals surface area contributed by atoms with Crippen molar-refractivity contribution >= 4 is 27.5 Å². The van der Waals surface area contributed by atoms with Gasteiger partial charge in [-0.05, 0) is 49.6 Å². The molecule has 3 rings (SSSR count). The molecule has 0 heterocycles. The van der Waals surface area contributed by atoms with Gasteiger partial charge in [0.1, 0.15) is 0 Å². The minimum Gasteiger partial charge on any atom is -0.451 e. The molecule has 0 radical (unpaired) electrons. The number of Topliss-reactive ketones (excluding diaryl/α,β-unsaturated/α-hetero) is 1. The first kappa shape index (κ1) is 19.1. The fourth-order valence-corrected chi connectivity index (χ4v) is 4.23. The molecule has 7 heteroatoms. The SMILES string of the molecule is CN(c1ccccc1)S(=O)(=O)c1cccc(C(=O)O[C@@H]2CCCCC2=O)c1. The van der Waals surface area contributed by atoms with Crippen LogP contribution in [0.5, 0.6) is 0 Å². The van der Waals surface area contributed by atoms with Gasteiger partial charge in [-0.15, -0.1) is 0 Å². The van der Waals surface area contributed by atoms with Crippen LogP contribution in [0.15, 0.2) is 59.5 Å². The van der Waals surface area contributed by atoms with Crippen molar-refractivity contribution in [1.82, 2.24) is 0 Å². The number of hydrogen-bond acceptors (Lipinski definition) is 5. The number of carbonyl (C=O) groups is 2. The van der Waals surface area contributed by atoms with E-state index >= 15 is 0 Å². The number of ketones is 1. The molecule has 1 atom stereocenters. The first-order valence-electron chi connectivity index (χ1n) is 8.77. The third-order valence-corrected chi connectivity index (χ3v) is 6.38. The summed E-state index contributed by atoms with van der Waals surface area (Å²) < 4.78 is 32.2. The van der Waals surface area contributed by atoms with Gasteiger partial charge in [-0.3, -0.25) is 9.10 Å². The molecule has 2 aromatic rings. The quantitative estimate of drug-likeness (QED) is 0.736. The van der Waals surface area contributed by atoms with E-state index in [1.165, 1.54) is 31.3 Å². The molecule has 27 heavy (non-hydrogen) atoms. The molecule has 0 bridgehead atoms. The minimum atomic E-state index is -3.83. The summed E-state index contributed by atoms with van der Waals surface area (Å²) in [5.41, 5.74) is 0.620. The molecule has 1 fully saturated rings. The number of sulfonamides is 1. The number of hydrogen-bond donors (Lipinski definition) is 0. The van der Waals surface area contributed by atoms with E-state index < -0.39 is 22.1 Å². The van der Waals surface area contributed by atoms with Crippen molar-refractivity contribution in [2.24, 2.45) is 0 Å². The van der Waals surface area contributed by atoms with Gasteiger partial charge in [0, 0.05) is 13.5 Å². The number of carbonyl (C=O) groups excluding carboxylic acids is 2. The number of benzene rings is 2. The summed E-state index contributed by atoms with van der Waals surface area (Å²) in [6, 6.07) is 14.3. The lowest BCUT2D eigenvalue weighted by atomic mass is 9.96. The molecule has 0 amide bonds. The smallest absolute Gasteiger partial charge is 0.338 e.